The lowest BCUT2D eigenvalue weighted by Crippen LogP contribution is -2.25. The predicted octanol–water partition coefficient (Wildman–Crippen LogP) is 13.0. The molecule has 0 amide bonds. The topological polar surface area (TPSA) is 46.8 Å². The normalized spacial score (nSPS) is 12.9. The van der Waals surface area contributed by atoms with Crippen LogP contribution in [0.2, 0.25) is 0 Å². The van der Waals surface area contributed by atoms with Crippen molar-refractivity contribution in [2.24, 2.45) is 0 Å². The maximum Gasteiger partial charge on any atom is 0.238 e. The van der Waals surface area contributed by atoms with Crippen LogP contribution in [0.3, 0.4) is 0 Å². The number of fused-ring (bicyclic) bond motifs is 12. The molecule has 2 aliphatic carbocycles. The Morgan fingerprint density at radius 2 is 0.831 bits per heavy atom. The smallest absolute Gasteiger partial charge is 0.238 e. The van der Waals surface area contributed by atoms with Gasteiger partial charge in [-0.1, -0.05) is 170 Å². The largest absolute Gasteiger partial charge is 0.310 e. The van der Waals surface area contributed by atoms with E-state index in [2.05, 4.69) is 185 Å². The van der Waals surface area contributed by atoms with Crippen molar-refractivity contribution >= 4 is 28.0 Å². The molecule has 5 nitrogen and oxygen atoms in total. The fraction of sp³-hybridized carbons (Fsp3) is 0.0185. The zero-order valence-corrected chi connectivity index (χ0v) is 31.9. The monoisotopic (exact) mass is 753 g/mol. The third-order valence-electron chi connectivity index (χ3n) is 12.0. The summed E-state index contributed by atoms with van der Waals surface area (Å²) in [6.07, 6.45) is 0. The number of hydrogen-bond donors (Lipinski definition) is 0. The number of rotatable bonds is 6. The lowest BCUT2D eigenvalue weighted by molar-refractivity contribution is 0.800. The molecular formula is C54H35N5. The highest BCUT2D eigenvalue weighted by Gasteiger charge is 2.54. The molecule has 0 atom stereocenters. The molecule has 0 unspecified atom stereocenters. The summed E-state index contributed by atoms with van der Waals surface area (Å²) in [4.78, 5) is 18.2. The van der Waals surface area contributed by atoms with Crippen LogP contribution in [-0.2, 0) is 5.41 Å². The highest BCUT2D eigenvalue weighted by Crippen LogP contribution is 2.65. The second-order valence-electron chi connectivity index (χ2n) is 15.2. The van der Waals surface area contributed by atoms with Crippen molar-refractivity contribution in [1.29, 1.82) is 0 Å². The highest BCUT2D eigenvalue weighted by molar-refractivity contribution is 6.06. The second-order valence-corrected chi connectivity index (χ2v) is 15.2. The van der Waals surface area contributed by atoms with Crippen LogP contribution in [-0.4, -0.2) is 19.5 Å². The fourth-order valence-electron chi connectivity index (χ4n) is 9.71. The van der Waals surface area contributed by atoms with Crippen LogP contribution < -0.4 is 4.90 Å². The van der Waals surface area contributed by atoms with Crippen LogP contribution in [0, 0.1) is 0 Å². The van der Waals surface area contributed by atoms with Gasteiger partial charge in [0.1, 0.15) is 0 Å². The first-order valence-corrected chi connectivity index (χ1v) is 20.0. The Hall–Kier alpha value is -7.89. The molecule has 0 bridgehead atoms. The number of anilines is 3. The molecule has 276 valence electrons. The Morgan fingerprint density at radius 1 is 0.390 bits per heavy atom. The standard InChI is InChI=1S/C54H35N5/c1-5-19-36(20-6-1)51-55-52(37-21-7-2-8-22-37)57-53(56-51)59-48-34-33-40(58(38-23-9-3-10-24-38)39-25-11-4-12-26-39)35-44(48)49-50(59)43-29-15-18-32-47(43)54(49)45-30-16-13-27-41(45)42-28-14-17-31-46(42)54/h1-35H. The summed E-state index contributed by atoms with van der Waals surface area (Å²) < 4.78 is 2.31. The van der Waals surface area contributed by atoms with Crippen molar-refractivity contribution in [2.75, 3.05) is 4.90 Å². The van der Waals surface area contributed by atoms with Gasteiger partial charge in [0.25, 0.3) is 0 Å². The highest BCUT2D eigenvalue weighted by atomic mass is 15.2. The number of hydrogen-bond acceptors (Lipinski definition) is 4. The first-order chi connectivity index (χ1) is 29.3. The van der Waals surface area contributed by atoms with Crippen LogP contribution in [0.25, 0.3) is 62.0 Å². The summed E-state index contributed by atoms with van der Waals surface area (Å²) in [5.74, 6) is 1.82. The third kappa shape index (κ3) is 4.88. The number of aromatic nitrogens is 4. The minimum absolute atomic E-state index is 0.575. The quantitative estimate of drug-likeness (QED) is 0.170. The van der Waals surface area contributed by atoms with Crippen LogP contribution in [0.4, 0.5) is 17.1 Å². The number of benzene rings is 8. The van der Waals surface area contributed by atoms with Crippen LogP contribution >= 0.6 is 0 Å². The van der Waals surface area contributed by atoms with Crippen LogP contribution in [0.5, 0.6) is 0 Å². The van der Waals surface area contributed by atoms with E-state index in [-0.39, 0.29) is 0 Å². The summed E-state index contributed by atoms with van der Waals surface area (Å²) >= 11 is 0. The third-order valence-corrected chi connectivity index (χ3v) is 12.0. The molecule has 0 fully saturated rings. The number of para-hydroxylation sites is 2. The van der Waals surface area contributed by atoms with Crippen LogP contribution in [0.1, 0.15) is 22.3 Å². The van der Waals surface area contributed by atoms with Crippen molar-refractivity contribution in [3.8, 4) is 51.1 Å². The second kappa shape index (κ2) is 13.1. The van der Waals surface area contributed by atoms with Crippen molar-refractivity contribution < 1.29 is 0 Å². The van der Waals surface area contributed by atoms with Gasteiger partial charge in [-0.2, -0.15) is 9.97 Å². The molecule has 0 radical (unpaired) electrons. The van der Waals surface area contributed by atoms with Crippen molar-refractivity contribution in [2.45, 2.75) is 5.41 Å². The van der Waals surface area contributed by atoms with Gasteiger partial charge in [0, 0.05) is 44.7 Å². The van der Waals surface area contributed by atoms with E-state index >= 15 is 0 Å². The first-order valence-electron chi connectivity index (χ1n) is 20.0. The molecule has 0 aliphatic heterocycles. The average Bonchev–Trinajstić information content (AvgIpc) is 3.92. The summed E-state index contributed by atoms with van der Waals surface area (Å²) in [5, 5.41) is 1.14. The Balaban J connectivity index is 1.24. The molecule has 0 N–H and O–H groups in total. The van der Waals surface area contributed by atoms with Crippen molar-refractivity contribution in [3.05, 3.63) is 235 Å². The molecule has 8 aromatic carbocycles. The molecule has 5 heteroatoms. The van der Waals surface area contributed by atoms with Crippen molar-refractivity contribution in [1.82, 2.24) is 19.5 Å². The van der Waals surface area contributed by atoms with Gasteiger partial charge in [-0.05, 0) is 70.3 Å². The van der Waals surface area contributed by atoms with Gasteiger partial charge >= 0.3 is 0 Å². The molecule has 0 saturated heterocycles. The molecule has 2 heterocycles. The van der Waals surface area contributed by atoms with E-state index in [9.17, 15) is 0 Å². The maximum atomic E-state index is 5.36. The number of nitrogens with zero attached hydrogens (tertiary/aromatic N) is 5. The van der Waals surface area contributed by atoms with E-state index < -0.39 is 5.41 Å². The maximum absolute atomic E-state index is 5.36. The van der Waals surface area contributed by atoms with E-state index in [1.54, 1.807) is 0 Å². The molecule has 2 aliphatic rings. The summed E-state index contributed by atoms with van der Waals surface area (Å²) in [7, 11) is 0. The average molecular weight is 754 g/mol. The molecular weight excluding hydrogens is 719 g/mol. The Bertz CT molecular complexity index is 3070. The minimum Gasteiger partial charge on any atom is -0.310 e. The van der Waals surface area contributed by atoms with Gasteiger partial charge in [0.2, 0.25) is 5.95 Å². The molecule has 1 spiro atoms. The zero-order chi connectivity index (χ0) is 38.9. The Labute approximate surface area is 342 Å². The van der Waals surface area contributed by atoms with Gasteiger partial charge in [-0.3, -0.25) is 4.57 Å². The molecule has 0 saturated carbocycles. The van der Waals surface area contributed by atoms with E-state index in [1.807, 2.05) is 36.4 Å². The summed E-state index contributed by atoms with van der Waals surface area (Å²) in [5.41, 5.74) is 15.4. The van der Waals surface area contributed by atoms with Gasteiger partial charge in [-0.25, -0.2) is 4.98 Å². The molecule has 12 rings (SSSR count). The van der Waals surface area contributed by atoms with Crippen LogP contribution in [0.15, 0.2) is 212 Å². The van der Waals surface area contributed by atoms with E-state index in [1.165, 1.54) is 33.4 Å². The molecule has 10 aromatic rings. The Morgan fingerprint density at radius 3 is 1.36 bits per heavy atom. The Kier molecular flexibility index (Phi) is 7.38. The summed E-state index contributed by atoms with van der Waals surface area (Å²) in [6.45, 7) is 0. The van der Waals surface area contributed by atoms with E-state index in [0.717, 1.165) is 50.3 Å². The molecule has 59 heavy (non-hydrogen) atoms. The SMILES string of the molecule is c1ccc(-c2nc(-c3ccccc3)nc(-n3c4c(c5cc(N(c6ccccc6)c6ccccc6)ccc53)C3(c5ccccc5-c5ccccc53)c3ccccc3-4)n2)cc1. The van der Waals surface area contributed by atoms with Gasteiger partial charge in [0.15, 0.2) is 11.6 Å². The minimum atomic E-state index is -0.594. The van der Waals surface area contributed by atoms with Crippen molar-refractivity contribution in [3.63, 3.8) is 0 Å². The zero-order valence-electron chi connectivity index (χ0n) is 31.9. The van der Waals surface area contributed by atoms with E-state index in [0.29, 0.717) is 17.6 Å². The van der Waals surface area contributed by atoms with Gasteiger partial charge < -0.3 is 4.90 Å². The van der Waals surface area contributed by atoms with E-state index in [4.69, 9.17) is 15.0 Å². The molecule has 2 aromatic heterocycles. The summed E-state index contributed by atoms with van der Waals surface area (Å²) in [6, 6.07) is 75.5. The lowest BCUT2D eigenvalue weighted by Gasteiger charge is -2.30. The fourth-order valence-corrected chi connectivity index (χ4v) is 9.71. The van der Waals surface area contributed by atoms with Gasteiger partial charge in [0.05, 0.1) is 16.6 Å². The lowest BCUT2D eigenvalue weighted by atomic mass is 9.70. The van der Waals surface area contributed by atoms with Gasteiger partial charge in [-0.15, -0.1) is 0 Å². The predicted molar refractivity (Wildman–Crippen MR) is 239 cm³/mol. The first kappa shape index (κ1) is 33.3.